The third kappa shape index (κ3) is 9.14. The van der Waals surface area contributed by atoms with E-state index in [1.807, 2.05) is 56.3 Å². The van der Waals surface area contributed by atoms with E-state index in [4.69, 9.17) is 16.6 Å². The lowest BCUT2D eigenvalue weighted by molar-refractivity contribution is 0.187. The summed E-state index contributed by atoms with van der Waals surface area (Å²) in [5, 5.41) is 1.64. The van der Waals surface area contributed by atoms with Crippen LogP contribution in [-0.4, -0.2) is 54.2 Å². The third-order valence-corrected chi connectivity index (χ3v) is 6.65. The Bertz CT molecular complexity index is 1200. The zero-order valence-corrected chi connectivity index (χ0v) is 24.3. The van der Waals surface area contributed by atoms with Gasteiger partial charge in [-0.15, -0.1) is 0 Å². The van der Waals surface area contributed by atoms with E-state index >= 15 is 0 Å². The van der Waals surface area contributed by atoms with Crippen molar-refractivity contribution in [2.75, 3.05) is 33.2 Å². The van der Waals surface area contributed by atoms with Crippen molar-refractivity contribution in [3.05, 3.63) is 77.5 Å². The van der Waals surface area contributed by atoms with Gasteiger partial charge in [-0.25, -0.2) is 4.98 Å². The number of piperazine rings is 1. The number of aromatic nitrogens is 1. The number of hydrogen-bond acceptors (Lipinski definition) is 4. The number of fused-ring (bicyclic) bond motifs is 1. The minimum atomic E-state index is 0.696. The number of allylic oxidation sites excluding steroid dienone is 1. The Labute approximate surface area is 229 Å². The number of likely N-dealkylation sites (N-methyl/N-ethyl adjacent to an activating group) is 1. The summed E-state index contributed by atoms with van der Waals surface area (Å²) >= 11 is 6.44. The van der Waals surface area contributed by atoms with Crippen LogP contribution in [0.1, 0.15) is 51.7 Å². The number of pyridine rings is 1. The van der Waals surface area contributed by atoms with Gasteiger partial charge >= 0.3 is 0 Å². The molecule has 0 spiro atoms. The largest absolute Gasteiger partial charge is 0.373 e. The highest BCUT2D eigenvalue weighted by Gasteiger charge is 2.12. The van der Waals surface area contributed by atoms with Gasteiger partial charge in [0.05, 0.1) is 21.9 Å². The Morgan fingerprint density at radius 2 is 1.73 bits per heavy atom. The summed E-state index contributed by atoms with van der Waals surface area (Å²) in [6.45, 7) is 22.7. The van der Waals surface area contributed by atoms with Gasteiger partial charge in [-0.05, 0) is 57.1 Å². The molecule has 4 nitrogen and oxygen atoms in total. The van der Waals surface area contributed by atoms with Crippen LogP contribution in [0, 0.1) is 6.92 Å². The first-order chi connectivity index (χ1) is 17.7. The highest BCUT2D eigenvalue weighted by atomic mass is 35.5. The average Bonchev–Trinajstić information content (AvgIpc) is 2.90. The molecule has 37 heavy (non-hydrogen) atoms. The number of aliphatic imine (C=N–C) groups is 1. The Hall–Kier alpha value is -2.95. The van der Waals surface area contributed by atoms with Crippen molar-refractivity contribution in [1.82, 2.24) is 14.8 Å². The molecule has 5 heteroatoms. The highest BCUT2D eigenvalue weighted by Crippen LogP contribution is 2.31. The summed E-state index contributed by atoms with van der Waals surface area (Å²) in [5.41, 5.74) is 7.02. The van der Waals surface area contributed by atoms with Crippen LogP contribution in [0.4, 0.5) is 5.69 Å². The fraction of sp³-hybridized carbons (Fsp3) is 0.375. The fourth-order valence-electron chi connectivity index (χ4n) is 3.71. The molecule has 1 fully saturated rings. The van der Waals surface area contributed by atoms with Crippen molar-refractivity contribution in [3.8, 4) is 11.3 Å². The van der Waals surface area contributed by atoms with Crippen LogP contribution in [0.25, 0.3) is 28.2 Å². The molecule has 1 aliphatic rings. The lowest BCUT2D eigenvalue weighted by Crippen LogP contribution is -2.43. The molecule has 2 heterocycles. The number of hydrogen-bond donors (Lipinski definition) is 0. The molecule has 198 valence electrons. The zero-order chi connectivity index (χ0) is 27.4. The maximum atomic E-state index is 6.44. The predicted octanol–water partition coefficient (Wildman–Crippen LogP) is 8.80. The highest BCUT2D eigenvalue weighted by molar-refractivity contribution is 6.35. The zero-order valence-electron chi connectivity index (χ0n) is 23.5. The summed E-state index contributed by atoms with van der Waals surface area (Å²) in [6.07, 6.45) is 6.24. The van der Waals surface area contributed by atoms with E-state index in [2.05, 4.69) is 61.8 Å². The summed E-state index contributed by atoms with van der Waals surface area (Å²) in [4.78, 5) is 13.8. The molecule has 0 bridgehead atoms. The molecule has 0 saturated carbocycles. The second kappa shape index (κ2) is 15.3. The minimum absolute atomic E-state index is 0.696. The molecular formula is C32H43ClN4. The molecule has 0 unspecified atom stereocenters. The molecule has 4 rings (SSSR count). The summed E-state index contributed by atoms with van der Waals surface area (Å²) in [6, 6.07) is 14.0. The Balaban J connectivity index is 0.000000285. The van der Waals surface area contributed by atoms with Gasteiger partial charge in [0, 0.05) is 49.0 Å². The lowest BCUT2D eigenvalue weighted by Gasteiger charge is -2.33. The van der Waals surface area contributed by atoms with Crippen LogP contribution < -0.4 is 0 Å². The van der Waals surface area contributed by atoms with Crippen molar-refractivity contribution in [2.45, 2.75) is 47.5 Å². The van der Waals surface area contributed by atoms with Crippen molar-refractivity contribution in [3.63, 3.8) is 0 Å². The van der Waals surface area contributed by atoms with Gasteiger partial charge in [0.2, 0.25) is 0 Å². The van der Waals surface area contributed by atoms with Crippen LogP contribution in [0.3, 0.4) is 0 Å². The summed E-state index contributed by atoms with van der Waals surface area (Å²) < 4.78 is 0. The van der Waals surface area contributed by atoms with Crippen LogP contribution in [0.5, 0.6) is 0 Å². The van der Waals surface area contributed by atoms with Gasteiger partial charge in [0.1, 0.15) is 0 Å². The second-order valence-electron chi connectivity index (χ2n) is 9.38. The normalized spacial score (nSPS) is 13.5. The quantitative estimate of drug-likeness (QED) is 0.316. The Morgan fingerprint density at radius 1 is 1.05 bits per heavy atom. The molecule has 0 amide bonds. The van der Waals surface area contributed by atoms with E-state index in [9.17, 15) is 0 Å². The maximum absolute atomic E-state index is 6.44. The van der Waals surface area contributed by atoms with Crippen LogP contribution in [0.15, 0.2) is 66.3 Å². The number of benzene rings is 2. The van der Waals surface area contributed by atoms with Gasteiger partial charge in [0.15, 0.2) is 0 Å². The summed E-state index contributed by atoms with van der Waals surface area (Å²) in [5.74, 6) is 0. The number of unbranched alkanes of at least 4 members (excludes halogenated alkanes) is 1. The second-order valence-corrected chi connectivity index (χ2v) is 9.79. The number of halogens is 1. The molecule has 0 atom stereocenters. The van der Waals surface area contributed by atoms with Crippen molar-refractivity contribution >= 4 is 40.5 Å². The molecule has 1 aromatic heterocycles. The lowest BCUT2D eigenvalue weighted by atomic mass is 10.1. The topological polar surface area (TPSA) is 31.7 Å². The maximum Gasteiger partial charge on any atom is 0.0730 e. The first-order valence-electron chi connectivity index (χ1n) is 13.1. The molecule has 1 saturated heterocycles. The predicted molar refractivity (Wildman–Crippen MR) is 165 cm³/mol. The first kappa shape index (κ1) is 30.3. The smallest absolute Gasteiger partial charge is 0.0730 e. The molecule has 2 aromatic carbocycles. The van der Waals surface area contributed by atoms with Gasteiger partial charge < -0.3 is 9.80 Å². The SMILES string of the molecule is C=C(C)N1CCN(C)CC1.C=Cc1ccc2c(Cl)cc(-c3ccc(C)c(N=CC)c3)nc2c1.CCCC. The Kier molecular flexibility index (Phi) is 12.5. The third-order valence-electron chi connectivity index (χ3n) is 6.34. The van der Waals surface area contributed by atoms with Gasteiger partial charge in [-0.3, -0.25) is 4.99 Å². The van der Waals surface area contributed by atoms with E-state index in [0.29, 0.717) is 5.02 Å². The summed E-state index contributed by atoms with van der Waals surface area (Å²) in [7, 11) is 2.16. The van der Waals surface area contributed by atoms with E-state index in [1.54, 1.807) is 6.21 Å². The van der Waals surface area contributed by atoms with Crippen LogP contribution in [-0.2, 0) is 0 Å². The van der Waals surface area contributed by atoms with Crippen molar-refractivity contribution in [2.24, 2.45) is 4.99 Å². The van der Waals surface area contributed by atoms with E-state index in [0.717, 1.165) is 52.1 Å². The van der Waals surface area contributed by atoms with Crippen LogP contribution >= 0.6 is 11.6 Å². The van der Waals surface area contributed by atoms with Crippen molar-refractivity contribution in [1.29, 1.82) is 0 Å². The molecule has 0 aliphatic carbocycles. The van der Waals surface area contributed by atoms with Crippen LogP contribution in [0.2, 0.25) is 5.02 Å². The molecule has 0 radical (unpaired) electrons. The molecule has 3 aromatic rings. The number of nitrogens with zero attached hydrogens (tertiary/aromatic N) is 4. The van der Waals surface area contributed by atoms with E-state index in [1.165, 1.54) is 31.6 Å². The Morgan fingerprint density at radius 3 is 2.30 bits per heavy atom. The molecular weight excluding hydrogens is 476 g/mol. The van der Waals surface area contributed by atoms with Gasteiger partial charge in [-0.2, -0.15) is 0 Å². The van der Waals surface area contributed by atoms with Gasteiger partial charge in [-0.1, -0.05) is 81.8 Å². The standard InChI is InChI=1S/C20H17ClN2.C8H16N2.C4H10/c1-4-14-7-9-16-17(21)12-19(23-20(16)10-14)15-8-6-13(3)18(11-15)22-5-2;1-8(2)10-6-4-9(3)5-7-10;1-3-4-2/h4-12H,1H2,2-3H3;1,4-7H2,2-3H3;3-4H2,1-2H3. The minimum Gasteiger partial charge on any atom is -0.373 e. The fourth-order valence-corrected chi connectivity index (χ4v) is 3.98. The molecule has 1 aliphatic heterocycles. The average molecular weight is 519 g/mol. The van der Waals surface area contributed by atoms with Gasteiger partial charge in [0.25, 0.3) is 0 Å². The van der Waals surface area contributed by atoms with Crippen molar-refractivity contribution < 1.29 is 0 Å². The van der Waals surface area contributed by atoms with E-state index in [-0.39, 0.29) is 0 Å². The number of aryl methyl sites for hydroxylation is 1. The first-order valence-corrected chi connectivity index (χ1v) is 13.5. The van der Waals surface area contributed by atoms with E-state index < -0.39 is 0 Å². The monoisotopic (exact) mass is 518 g/mol. The molecule has 0 N–H and O–H groups in total. The number of rotatable bonds is 5.